The van der Waals surface area contributed by atoms with Gasteiger partial charge in [-0.1, -0.05) is 12.5 Å². The lowest BCUT2D eigenvalue weighted by atomic mass is 10.2. The summed E-state index contributed by atoms with van der Waals surface area (Å²) in [5.74, 6) is -0.108. The molecule has 1 saturated heterocycles. The number of piperidine rings is 1. The summed E-state index contributed by atoms with van der Waals surface area (Å²) in [5, 5.41) is 4.85. The molecular weight excluding hydrogens is 364 g/mol. The molecule has 27 heavy (non-hydrogen) atoms. The number of hydrogen-bond donors (Lipinski definition) is 3. The van der Waals surface area contributed by atoms with Gasteiger partial charge in [0.25, 0.3) is 5.91 Å². The number of quaternary nitrogens is 2. The Hall–Kier alpha value is -1.48. The van der Waals surface area contributed by atoms with Gasteiger partial charge in [0.2, 0.25) is 10.0 Å². The molecule has 1 aromatic carbocycles. The molecule has 1 amide bonds. The molecule has 1 aliphatic heterocycles. The maximum atomic E-state index is 12.8. The van der Waals surface area contributed by atoms with Crippen molar-refractivity contribution in [3.63, 3.8) is 0 Å². The average Bonchev–Trinajstić information content (AvgIpc) is 2.63. The Balaban J connectivity index is 1.97. The van der Waals surface area contributed by atoms with Gasteiger partial charge < -0.3 is 15.5 Å². The molecule has 1 heterocycles. The standard InChI is InChI=1S/C19H32N4O3S/c1-16-8-9-17(27(25,26)23-12-5-4-6-13-23)14-18(16)21-19(24)15-20-10-7-11-22(2)3/h8-9,14,20H,4-7,10-13,15H2,1-3H3,(H,21,24)/p+2. The zero-order valence-corrected chi connectivity index (χ0v) is 17.6. The first-order valence-corrected chi connectivity index (χ1v) is 11.3. The van der Waals surface area contributed by atoms with E-state index in [0.29, 0.717) is 25.3 Å². The van der Waals surface area contributed by atoms with Crippen LogP contribution in [0.3, 0.4) is 0 Å². The molecule has 7 nitrogen and oxygen atoms in total. The van der Waals surface area contributed by atoms with E-state index < -0.39 is 10.0 Å². The Morgan fingerprint density at radius 3 is 2.59 bits per heavy atom. The van der Waals surface area contributed by atoms with Crippen molar-refractivity contribution >= 4 is 21.6 Å². The van der Waals surface area contributed by atoms with Crippen LogP contribution in [0.1, 0.15) is 31.2 Å². The number of nitrogens with one attached hydrogen (secondary N) is 2. The highest BCUT2D eigenvalue weighted by Crippen LogP contribution is 2.25. The van der Waals surface area contributed by atoms with Gasteiger partial charge in [-0.3, -0.25) is 4.79 Å². The van der Waals surface area contributed by atoms with Gasteiger partial charge in [-0.05, 0) is 37.5 Å². The highest BCUT2D eigenvalue weighted by molar-refractivity contribution is 7.89. The molecule has 152 valence electrons. The lowest BCUT2D eigenvalue weighted by Crippen LogP contribution is -3.06. The third-order valence-corrected chi connectivity index (χ3v) is 6.75. The van der Waals surface area contributed by atoms with Crippen molar-refractivity contribution in [1.29, 1.82) is 0 Å². The smallest absolute Gasteiger partial charge is 0.279 e. The van der Waals surface area contributed by atoms with Gasteiger partial charge in [0.05, 0.1) is 32.1 Å². The van der Waals surface area contributed by atoms with Crippen molar-refractivity contribution in [2.45, 2.75) is 37.5 Å². The largest absolute Gasteiger partial charge is 0.340 e. The second kappa shape index (κ2) is 10.2. The first kappa shape index (κ1) is 21.8. The maximum Gasteiger partial charge on any atom is 0.279 e. The number of amides is 1. The molecule has 0 aromatic heterocycles. The fourth-order valence-electron chi connectivity index (χ4n) is 3.18. The van der Waals surface area contributed by atoms with E-state index in [0.717, 1.165) is 44.3 Å². The predicted molar refractivity (Wildman–Crippen MR) is 106 cm³/mol. The minimum absolute atomic E-state index is 0.108. The number of hydrogen-bond acceptors (Lipinski definition) is 3. The minimum Gasteiger partial charge on any atom is -0.340 e. The maximum absolute atomic E-state index is 12.8. The molecule has 0 bridgehead atoms. The summed E-state index contributed by atoms with van der Waals surface area (Å²) in [4.78, 5) is 13.9. The Morgan fingerprint density at radius 2 is 1.93 bits per heavy atom. The highest BCUT2D eigenvalue weighted by Gasteiger charge is 2.26. The number of carbonyl (C=O) groups excluding carboxylic acids is 1. The van der Waals surface area contributed by atoms with Crippen LogP contribution in [-0.4, -0.2) is 65.4 Å². The normalized spacial score (nSPS) is 15.9. The average molecular weight is 399 g/mol. The Kier molecular flexibility index (Phi) is 8.22. The van der Waals surface area contributed by atoms with Crippen LogP contribution in [0, 0.1) is 6.92 Å². The number of rotatable bonds is 9. The Morgan fingerprint density at radius 1 is 1.22 bits per heavy atom. The van der Waals surface area contributed by atoms with Crippen molar-refractivity contribution < 1.29 is 23.4 Å². The van der Waals surface area contributed by atoms with Crippen molar-refractivity contribution in [3.05, 3.63) is 23.8 Å². The van der Waals surface area contributed by atoms with E-state index in [1.165, 1.54) is 4.90 Å². The second-order valence-corrected chi connectivity index (χ2v) is 9.52. The van der Waals surface area contributed by atoms with Gasteiger partial charge in [0.1, 0.15) is 0 Å². The SMILES string of the molecule is Cc1ccc(S(=O)(=O)N2CCCCC2)cc1NC(=O)C[NH2+]CCC[NH+](C)C. The molecule has 4 N–H and O–H groups in total. The molecule has 8 heteroatoms. The summed E-state index contributed by atoms with van der Waals surface area (Å²) in [6.45, 7) is 5.33. The van der Waals surface area contributed by atoms with Crippen LogP contribution in [0.5, 0.6) is 0 Å². The summed E-state index contributed by atoms with van der Waals surface area (Å²) in [5.41, 5.74) is 1.43. The zero-order chi connectivity index (χ0) is 19.9. The number of anilines is 1. The molecule has 0 radical (unpaired) electrons. The van der Waals surface area contributed by atoms with Crippen molar-refractivity contribution in [2.24, 2.45) is 0 Å². The Labute approximate surface area is 163 Å². The fourth-order valence-corrected chi connectivity index (χ4v) is 4.73. The number of nitrogens with zero attached hydrogens (tertiary/aromatic N) is 1. The fraction of sp³-hybridized carbons (Fsp3) is 0.632. The van der Waals surface area contributed by atoms with Crippen LogP contribution in [0.2, 0.25) is 0 Å². The molecule has 0 saturated carbocycles. The first-order chi connectivity index (χ1) is 12.8. The number of benzene rings is 1. The van der Waals surface area contributed by atoms with E-state index in [9.17, 15) is 13.2 Å². The number of nitrogens with two attached hydrogens (primary N) is 1. The van der Waals surface area contributed by atoms with Crippen LogP contribution in [-0.2, 0) is 14.8 Å². The molecule has 0 spiro atoms. The van der Waals surface area contributed by atoms with E-state index in [2.05, 4.69) is 19.4 Å². The van der Waals surface area contributed by atoms with E-state index in [1.807, 2.05) is 12.2 Å². The predicted octanol–water partition coefficient (Wildman–Crippen LogP) is -0.794. The van der Waals surface area contributed by atoms with Crippen molar-refractivity contribution in [3.8, 4) is 0 Å². The topological polar surface area (TPSA) is 87.5 Å². The van der Waals surface area contributed by atoms with Crippen LogP contribution in [0.4, 0.5) is 5.69 Å². The summed E-state index contributed by atoms with van der Waals surface area (Å²) >= 11 is 0. The van der Waals surface area contributed by atoms with Crippen molar-refractivity contribution in [2.75, 3.05) is 52.1 Å². The highest BCUT2D eigenvalue weighted by atomic mass is 32.2. The van der Waals surface area contributed by atoms with E-state index in [-0.39, 0.29) is 10.8 Å². The summed E-state index contributed by atoms with van der Waals surface area (Å²) < 4.78 is 27.2. The summed E-state index contributed by atoms with van der Waals surface area (Å²) in [7, 11) is 0.725. The molecular formula is C19H34N4O3S+2. The summed E-state index contributed by atoms with van der Waals surface area (Å²) in [6, 6.07) is 4.98. The molecule has 1 aromatic rings. The molecule has 1 fully saturated rings. The third-order valence-electron chi connectivity index (χ3n) is 4.85. The van der Waals surface area contributed by atoms with Crippen LogP contribution < -0.4 is 15.5 Å². The van der Waals surface area contributed by atoms with Crippen LogP contribution >= 0.6 is 0 Å². The molecule has 2 rings (SSSR count). The molecule has 0 unspecified atom stereocenters. The lowest BCUT2D eigenvalue weighted by molar-refractivity contribution is -0.860. The monoisotopic (exact) mass is 398 g/mol. The minimum atomic E-state index is -3.50. The third kappa shape index (κ3) is 6.57. The second-order valence-electron chi connectivity index (χ2n) is 7.58. The number of sulfonamides is 1. The molecule has 0 aliphatic carbocycles. The van der Waals surface area contributed by atoms with Gasteiger partial charge in [0, 0.05) is 25.2 Å². The van der Waals surface area contributed by atoms with Gasteiger partial charge >= 0.3 is 0 Å². The van der Waals surface area contributed by atoms with E-state index in [4.69, 9.17) is 0 Å². The van der Waals surface area contributed by atoms with Crippen LogP contribution in [0.15, 0.2) is 23.1 Å². The zero-order valence-electron chi connectivity index (χ0n) is 16.8. The molecule has 1 aliphatic rings. The van der Waals surface area contributed by atoms with Gasteiger partial charge in [0.15, 0.2) is 6.54 Å². The lowest BCUT2D eigenvalue weighted by Gasteiger charge is -2.26. The first-order valence-electron chi connectivity index (χ1n) is 9.82. The van der Waals surface area contributed by atoms with Gasteiger partial charge in [-0.25, -0.2) is 8.42 Å². The number of carbonyl (C=O) groups is 1. The van der Waals surface area contributed by atoms with E-state index in [1.54, 1.807) is 22.5 Å². The van der Waals surface area contributed by atoms with Crippen molar-refractivity contribution in [1.82, 2.24) is 4.31 Å². The quantitative estimate of drug-likeness (QED) is 0.476. The van der Waals surface area contributed by atoms with Gasteiger partial charge in [-0.15, -0.1) is 0 Å². The number of aryl methyl sites for hydroxylation is 1. The van der Waals surface area contributed by atoms with Crippen LogP contribution in [0.25, 0.3) is 0 Å². The summed E-state index contributed by atoms with van der Waals surface area (Å²) in [6.07, 6.45) is 3.94. The van der Waals surface area contributed by atoms with Gasteiger partial charge in [-0.2, -0.15) is 4.31 Å². The molecule has 0 atom stereocenters. The Bertz CT molecular complexity index is 728. The van der Waals surface area contributed by atoms with E-state index >= 15 is 0 Å².